The molecule has 6 heteroatoms. The monoisotopic (exact) mass is 344 g/mol. The molecule has 24 heavy (non-hydrogen) atoms. The molecule has 3 rings (SSSR count). The second-order valence-corrected chi connectivity index (χ2v) is 6.00. The molecule has 0 aliphatic carbocycles. The van der Waals surface area contributed by atoms with Crippen LogP contribution in [0.4, 0.5) is 5.69 Å². The first kappa shape index (κ1) is 16.3. The fourth-order valence-corrected chi connectivity index (χ4v) is 2.71. The zero-order chi connectivity index (χ0) is 16.9. The van der Waals surface area contributed by atoms with E-state index in [0.717, 1.165) is 16.8 Å². The summed E-state index contributed by atoms with van der Waals surface area (Å²) in [6.45, 7) is 0.338. The molecule has 5 nitrogen and oxygen atoms in total. The van der Waals surface area contributed by atoms with E-state index in [0.29, 0.717) is 30.2 Å². The summed E-state index contributed by atoms with van der Waals surface area (Å²) in [6, 6.07) is 12.7. The van der Waals surface area contributed by atoms with Crippen LogP contribution in [0.3, 0.4) is 0 Å². The quantitative estimate of drug-likeness (QED) is 0.876. The first-order valence-electron chi connectivity index (χ1n) is 7.67. The Morgan fingerprint density at radius 3 is 2.92 bits per heavy atom. The molecule has 2 N–H and O–H groups in total. The van der Waals surface area contributed by atoms with Gasteiger partial charge in [0, 0.05) is 23.7 Å². The first-order valence-corrected chi connectivity index (χ1v) is 8.05. The molecule has 0 spiro atoms. The number of fused-ring (bicyclic) bond motifs is 1. The van der Waals surface area contributed by atoms with Gasteiger partial charge >= 0.3 is 0 Å². The summed E-state index contributed by atoms with van der Waals surface area (Å²) in [5.74, 6) is 0.431. The third-order valence-electron chi connectivity index (χ3n) is 3.72. The van der Waals surface area contributed by atoms with Crippen molar-refractivity contribution in [1.82, 2.24) is 5.32 Å². The van der Waals surface area contributed by atoms with Crippen molar-refractivity contribution >= 4 is 29.1 Å². The van der Waals surface area contributed by atoms with Crippen molar-refractivity contribution in [3.05, 3.63) is 58.6 Å². The minimum absolute atomic E-state index is 0.0246. The molecule has 1 heterocycles. The number of carbonyl (C=O) groups is 2. The molecule has 2 aromatic rings. The van der Waals surface area contributed by atoms with Crippen molar-refractivity contribution in [2.24, 2.45) is 0 Å². The van der Waals surface area contributed by atoms with Crippen molar-refractivity contribution in [2.45, 2.75) is 19.4 Å². The Morgan fingerprint density at radius 1 is 1.21 bits per heavy atom. The number of anilines is 1. The predicted octanol–water partition coefficient (Wildman–Crippen LogP) is 2.92. The van der Waals surface area contributed by atoms with Crippen LogP contribution in [0, 0.1) is 0 Å². The third-order valence-corrected chi connectivity index (χ3v) is 3.96. The largest absolute Gasteiger partial charge is 0.484 e. The summed E-state index contributed by atoms with van der Waals surface area (Å²) in [6.07, 6.45) is 1.15. The summed E-state index contributed by atoms with van der Waals surface area (Å²) < 4.78 is 5.52. The van der Waals surface area contributed by atoms with Crippen LogP contribution in [0.5, 0.6) is 5.75 Å². The lowest BCUT2D eigenvalue weighted by atomic mass is 10.0. The number of ether oxygens (including phenoxy) is 1. The van der Waals surface area contributed by atoms with E-state index in [4.69, 9.17) is 16.3 Å². The highest BCUT2D eigenvalue weighted by atomic mass is 35.5. The van der Waals surface area contributed by atoms with Gasteiger partial charge in [-0.05, 0) is 47.9 Å². The van der Waals surface area contributed by atoms with Gasteiger partial charge < -0.3 is 15.4 Å². The highest BCUT2D eigenvalue weighted by molar-refractivity contribution is 6.30. The van der Waals surface area contributed by atoms with E-state index < -0.39 is 0 Å². The van der Waals surface area contributed by atoms with Crippen LogP contribution < -0.4 is 15.4 Å². The minimum atomic E-state index is -0.207. The van der Waals surface area contributed by atoms with Crippen LogP contribution in [0.25, 0.3) is 0 Å². The molecule has 124 valence electrons. The van der Waals surface area contributed by atoms with E-state index in [2.05, 4.69) is 10.6 Å². The first-order chi connectivity index (χ1) is 11.6. The molecule has 1 aliphatic rings. The van der Waals surface area contributed by atoms with Gasteiger partial charge in [0.05, 0.1) is 0 Å². The normalized spacial score (nSPS) is 13.0. The molecule has 0 radical (unpaired) electrons. The van der Waals surface area contributed by atoms with E-state index in [1.165, 1.54) is 0 Å². The lowest BCUT2D eigenvalue weighted by molar-refractivity contribution is -0.123. The second-order valence-electron chi connectivity index (χ2n) is 5.56. The number of nitrogens with one attached hydrogen (secondary N) is 2. The maximum absolute atomic E-state index is 11.9. The fraction of sp³-hybridized carbons (Fsp3) is 0.222. The van der Waals surface area contributed by atoms with Crippen molar-refractivity contribution in [2.75, 3.05) is 11.9 Å². The summed E-state index contributed by atoms with van der Waals surface area (Å²) in [7, 11) is 0. The summed E-state index contributed by atoms with van der Waals surface area (Å²) in [5, 5.41) is 6.23. The number of benzene rings is 2. The molecule has 0 atom stereocenters. The van der Waals surface area contributed by atoms with Gasteiger partial charge in [-0.15, -0.1) is 0 Å². The van der Waals surface area contributed by atoms with Crippen molar-refractivity contribution in [3.63, 3.8) is 0 Å². The Morgan fingerprint density at radius 2 is 2.08 bits per heavy atom. The van der Waals surface area contributed by atoms with Crippen LogP contribution in [0.2, 0.25) is 5.02 Å². The van der Waals surface area contributed by atoms with Crippen molar-refractivity contribution in [1.29, 1.82) is 0 Å². The molecule has 0 unspecified atom stereocenters. The number of carbonyl (C=O) groups excluding carboxylic acids is 2. The Kier molecular flexibility index (Phi) is 5.01. The van der Waals surface area contributed by atoms with Gasteiger partial charge in [-0.1, -0.05) is 23.7 Å². The van der Waals surface area contributed by atoms with Gasteiger partial charge in [0.2, 0.25) is 5.91 Å². The lowest BCUT2D eigenvalue weighted by Gasteiger charge is -2.17. The van der Waals surface area contributed by atoms with Crippen molar-refractivity contribution < 1.29 is 14.3 Å². The van der Waals surface area contributed by atoms with Crippen LogP contribution in [-0.4, -0.2) is 18.4 Å². The van der Waals surface area contributed by atoms with Gasteiger partial charge in [-0.25, -0.2) is 0 Å². The van der Waals surface area contributed by atoms with Gasteiger partial charge in [-0.2, -0.15) is 0 Å². The van der Waals surface area contributed by atoms with Crippen LogP contribution in [-0.2, 0) is 22.6 Å². The number of aryl methyl sites for hydroxylation is 1. The van der Waals surface area contributed by atoms with Crippen LogP contribution >= 0.6 is 11.6 Å². The number of halogens is 1. The van der Waals surface area contributed by atoms with E-state index in [1.54, 1.807) is 24.3 Å². The molecule has 2 amide bonds. The van der Waals surface area contributed by atoms with Crippen LogP contribution in [0.15, 0.2) is 42.5 Å². The number of hydrogen-bond donors (Lipinski definition) is 2. The van der Waals surface area contributed by atoms with Gasteiger partial charge in [0.15, 0.2) is 6.61 Å². The SMILES string of the molecule is O=C(COc1ccc2c(c1)CCC(=O)N2)NCc1cccc(Cl)c1. The molecule has 0 fully saturated rings. The molecule has 0 bridgehead atoms. The standard InChI is InChI=1S/C18H17ClN2O3/c19-14-3-1-2-12(8-14)10-20-18(23)11-24-15-5-6-16-13(9-15)4-7-17(22)21-16/h1-3,5-6,8-9H,4,7,10-11H2,(H,20,23)(H,21,22). The number of rotatable bonds is 5. The highest BCUT2D eigenvalue weighted by Gasteiger charge is 2.15. The maximum atomic E-state index is 11.9. The Labute approximate surface area is 145 Å². The molecule has 0 saturated heterocycles. The van der Waals surface area contributed by atoms with Gasteiger partial charge in [0.25, 0.3) is 5.91 Å². The number of hydrogen-bond acceptors (Lipinski definition) is 3. The molecule has 1 aliphatic heterocycles. The minimum Gasteiger partial charge on any atom is -0.484 e. The zero-order valence-electron chi connectivity index (χ0n) is 13.0. The number of amides is 2. The molecular formula is C18H17ClN2O3. The fourth-order valence-electron chi connectivity index (χ4n) is 2.50. The Bertz CT molecular complexity index is 777. The van der Waals surface area contributed by atoms with Crippen LogP contribution in [0.1, 0.15) is 17.5 Å². The van der Waals surface area contributed by atoms with E-state index >= 15 is 0 Å². The lowest BCUT2D eigenvalue weighted by Crippen LogP contribution is -2.28. The molecule has 0 aromatic heterocycles. The smallest absolute Gasteiger partial charge is 0.258 e. The van der Waals surface area contributed by atoms with E-state index in [1.807, 2.05) is 18.2 Å². The topological polar surface area (TPSA) is 67.4 Å². The zero-order valence-corrected chi connectivity index (χ0v) is 13.7. The van der Waals surface area contributed by atoms with Crippen molar-refractivity contribution in [3.8, 4) is 5.75 Å². The average Bonchev–Trinajstić information content (AvgIpc) is 2.58. The summed E-state index contributed by atoms with van der Waals surface area (Å²) >= 11 is 5.90. The third kappa shape index (κ3) is 4.26. The Hall–Kier alpha value is -2.53. The summed E-state index contributed by atoms with van der Waals surface area (Å²) in [5.41, 5.74) is 2.76. The highest BCUT2D eigenvalue weighted by Crippen LogP contribution is 2.26. The maximum Gasteiger partial charge on any atom is 0.258 e. The average molecular weight is 345 g/mol. The molecule has 0 saturated carbocycles. The van der Waals surface area contributed by atoms with E-state index in [9.17, 15) is 9.59 Å². The molecule has 2 aromatic carbocycles. The predicted molar refractivity (Wildman–Crippen MR) is 92.2 cm³/mol. The Balaban J connectivity index is 1.50. The van der Waals surface area contributed by atoms with Gasteiger partial charge in [0.1, 0.15) is 5.75 Å². The van der Waals surface area contributed by atoms with E-state index in [-0.39, 0.29) is 18.4 Å². The second kappa shape index (κ2) is 7.36. The van der Waals surface area contributed by atoms with Gasteiger partial charge in [-0.3, -0.25) is 9.59 Å². The summed E-state index contributed by atoms with van der Waals surface area (Å²) in [4.78, 5) is 23.2. The molecular weight excluding hydrogens is 328 g/mol.